The summed E-state index contributed by atoms with van der Waals surface area (Å²) in [5.74, 6) is -0.274. The first-order valence-electron chi connectivity index (χ1n) is 8.78. The molecular weight excluding hydrogens is 360 g/mol. The van der Waals surface area contributed by atoms with Gasteiger partial charge in [-0.1, -0.05) is 24.3 Å². The molecule has 27 heavy (non-hydrogen) atoms. The Labute approximate surface area is 161 Å². The predicted octanol–water partition coefficient (Wildman–Crippen LogP) is 3.10. The maximum atomic E-state index is 13.1. The molecule has 1 aromatic heterocycles. The predicted molar refractivity (Wildman–Crippen MR) is 108 cm³/mol. The number of fused-ring (bicyclic) bond motifs is 2. The molecule has 0 spiro atoms. The molecule has 0 saturated carbocycles. The molecule has 4 rings (SSSR count). The maximum absolute atomic E-state index is 13.1. The first-order valence-corrected chi connectivity index (χ1v) is 9.59. The van der Waals surface area contributed by atoms with Crippen LogP contribution in [0.4, 0.5) is 11.4 Å². The van der Waals surface area contributed by atoms with Gasteiger partial charge in [-0.2, -0.15) is 0 Å². The number of rotatable bonds is 4. The van der Waals surface area contributed by atoms with Gasteiger partial charge >= 0.3 is 0 Å². The van der Waals surface area contributed by atoms with Gasteiger partial charge < -0.3 is 5.32 Å². The molecule has 2 aromatic carbocycles. The van der Waals surface area contributed by atoms with Gasteiger partial charge in [0.2, 0.25) is 11.8 Å². The highest BCUT2D eigenvalue weighted by atomic mass is 32.1. The van der Waals surface area contributed by atoms with E-state index in [1.807, 2.05) is 67.4 Å². The third kappa shape index (κ3) is 3.43. The van der Waals surface area contributed by atoms with Crippen LogP contribution in [0.1, 0.15) is 11.9 Å². The smallest absolute Gasteiger partial charge is 0.244 e. The summed E-state index contributed by atoms with van der Waals surface area (Å²) in [5, 5.41) is 3.78. The average molecular weight is 380 g/mol. The van der Waals surface area contributed by atoms with E-state index in [4.69, 9.17) is 0 Å². The number of hydrogen-bond donors (Lipinski definition) is 1. The normalized spacial score (nSPS) is 14.9. The van der Waals surface area contributed by atoms with Crippen LogP contribution >= 0.6 is 11.3 Å². The fourth-order valence-electron chi connectivity index (χ4n) is 3.18. The summed E-state index contributed by atoms with van der Waals surface area (Å²) in [4.78, 5) is 33.3. The number of nitrogens with one attached hydrogen (secondary N) is 1. The van der Waals surface area contributed by atoms with Gasteiger partial charge in [-0.05, 0) is 38.2 Å². The molecule has 1 unspecified atom stereocenters. The van der Waals surface area contributed by atoms with Crippen LogP contribution in [0.15, 0.2) is 48.5 Å². The molecule has 0 fully saturated rings. The van der Waals surface area contributed by atoms with Crippen LogP contribution in [-0.2, 0) is 16.1 Å². The van der Waals surface area contributed by atoms with Crippen molar-refractivity contribution in [2.45, 2.75) is 19.5 Å². The van der Waals surface area contributed by atoms with E-state index in [1.54, 1.807) is 16.2 Å². The Balaban J connectivity index is 1.52. The zero-order valence-electron chi connectivity index (χ0n) is 15.2. The molecule has 1 atom stereocenters. The molecule has 1 N–H and O–H groups in total. The molecule has 2 heterocycles. The number of nitrogens with zero attached hydrogens (tertiary/aromatic N) is 3. The average Bonchev–Trinajstić information content (AvgIpc) is 3.08. The van der Waals surface area contributed by atoms with Crippen LogP contribution in [0, 0.1) is 0 Å². The number of carbonyl (C=O) groups is 2. The van der Waals surface area contributed by atoms with Gasteiger partial charge in [0.1, 0.15) is 11.6 Å². The highest BCUT2D eigenvalue weighted by Crippen LogP contribution is 2.30. The number of hydrogen-bond acceptors (Lipinski definition) is 5. The highest BCUT2D eigenvalue weighted by molar-refractivity contribution is 7.18. The highest BCUT2D eigenvalue weighted by Gasteiger charge is 2.31. The molecule has 1 aliphatic heterocycles. The van der Waals surface area contributed by atoms with E-state index < -0.39 is 0 Å². The van der Waals surface area contributed by atoms with Crippen molar-refractivity contribution in [3.05, 3.63) is 53.5 Å². The lowest BCUT2D eigenvalue weighted by molar-refractivity contribution is -0.125. The third-order valence-corrected chi connectivity index (χ3v) is 5.80. The van der Waals surface area contributed by atoms with Crippen molar-refractivity contribution in [3.8, 4) is 0 Å². The zero-order valence-corrected chi connectivity index (χ0v) is 16.0. The van der Waals surface area contributed by atoms with Crippen molar-refractivity contribution >= 4 is 44.7 Å². The van der Waals surface area contributed by atoms with Crippen molar-refractivity contribution in [2.75, 3.05) is 23.8 Å². The standard InChI is InChI=1S/C20H20N4O2S/c1-13(23(2)12-19-22-15-8-4-6-10-17(15)27-19)20(26)24-11-18(25)21-14-7-3-5-9-16(14)24/h3-10,13H,11-12H2,1-2H3,(H,21,25). The quantitative estimate of drug-likeness (QED) is 0.755. The van der Waals surface area contributed by atoms with Crippen LogP contribution in [0.3, 0.4) is 0 Å². The van der Waals surface area contributed by atoms with Crippen molar-refractivity contribution < 1.29 is 9.59 Å². The van der Waals surface area contributed by atoms with Crippen LogP contribution in [0.5, 0.6) is 0 Å². The van der Waals surface area contributed by atoms with Gasteiger partial charge in [0, 0.05) is 0 Å². The lowest BCUT2D eigenvalue weighted by atomic mass is 10.1. The Hall–Kier alpha value is -2.77. The zero-order chi connectivity index (χ0) is 19.0. The van der Waals surface area contributed by atoms with Gasteiger partial charge in [0.25, 0.3) is 0 Å². The van der Waals surface area contributed by atoms with E-state index in [0.29, 0.717) is 12.2 Å². The largest absolute Gasteiger partial charge is 0.323 e. The Bertz CT molecular complexity index is 983. The SMILES string of the molecule is CC(C(=O)N1CC(=O)Nc2ccccc21)N(C)Cc1nc2ccccc2s1. The van der Waals surface area contributed by atoms with E-state index in [1.165, 1.54) is 0 Å². The molecule has 0 aliphatic carbocycles. The summed E-state index contributed by atoms with van der Waals surface area (Å²) in [6.07, 6.45) is 0. The number of anilines is 2. The second-order valence-corrected chi connectivity index (χ2v) is 7.77. The Morgan fingerprint density at radius 1 is 1.26 bits per heavy atom. The second-order valence-electron chi connectivity index (χ2n) is 6.66. The first-order chi connectivity index (χ1) is 13.0. The molecule has 138 valence electrons. The Morgan fingerprint density at radius 3 is 2.81 bits per heavy atom. The van der Waals surface area contributed by atoms with Crippen molar-refractivity contribution in [2.24, 2.45) is 0 Å². The van der Waals surface area contributed by atoms with Crippen molar-refractivity contribution in [3.63, 3.8) is 0 Å². The van der Waals surface area contributed by atoms with E-state index in [2.05, 4.69) is 10.3 Å². The number of aromatic nitrogens is 1. The minimum Gasteiger partial charge on any atom is -0.323 e. The lowest BCUT2D eigenvalue weighted by Gasteiger charge is -2.33. The van der Waals surface area contributed by atoms with E-state index in [0.717, 1.165) is 20.9 Å². The van der Waals surface area contributed by atoms with Crippen molar-refractivity contribution in [1.29, 1.82) is 0 Å². The summed E-state index contributed by atoms with van der Waals surface area (Å²) in [6, 6.07) is 15.0. The summed E-state index contributed by atoms with van der Waals surface area (Å²) in [6.45, 7) is 2.48. The minimum atomic E-state index is -0.379. The first kappa shape index (κ1) is 17.6. The number of benzene rings is 2. The number of thiazole rings is 1. The van der Waals surface area contributed by atoms with Crippen molar-refractivity contribution in [1.82, 2.24) is 9.88 Å². The number of carbonyl (C=O) groups excluding carboxylic acids is 2. The van der Waals surface area contributed by atoms with Crippen LogP contribution in [-0.4, -0.2) is 41.3 Å². The van der Waals surface area contributed by atoms with E-state index >= 15 is 0 Å². The number of amides is 2. The summed E-state index contributed by atoms with van der Waals surface area (Å²) in [7, 11) is 1.91. The molecule has 1 aliphatic rings. The van der Waals surface area contributed by atoms with E-state index in [9.17, 15) is 9.59 Å². The van der Waals surface area contributed by atoms with Gasteiger partial charge in [0.05, 0.1) is 34.2 Å². The van der Waals surface area contributed by atoms with Crippen LogP contribution < -0.4 is 10.2 Å². The second kappa shape index (κ2) is 7.09. The van der Waals surface area contributed by atoms with Gasteiger partial charge in [-0.3, -0.25) is 19.4 Å². The molecule has 3 aromatic rings. The summed E-state index contributed by atoms with van der Waals surface area (Å²) < 4.78 is 1.14. The van der Waals surface area contributed by atoms with Crippen LogP contribution in [0.25, 0.3) is 10.2 Å². The molecule has 0 radical (unpaired) electrons. The fourth-order valence-corrected chi connectivity index (χ4v) is 4.21. The van der Waals surface area contributed by atoms with Gasteiger partial charge in [0.15, 0.2) is 0 Å². The fraction of sp³-hybridized carbons (Fsp3) is 0.250. The molecular formula is C20H20N4O2S. The molecule has 7 heteroatoms. The van der Waals surface area contributed by atoms with Crippen LogP contribution in [0.2, 0.25) is 0 Å². The van der Waals surface area contributed by atoms with Gasteiger partial charge in [-0.25, -0.2) is 4.98 Å². The molecule has 2 amide bonds. The third-order valence-electron chi connectivity index (χ3n) is 4.78. The van der Waals surface area contributed by atoms with Gasteiger partial charge in [-0.15, -0.1) is 11.3 Å². The lowest BCUT2D eigenvalue weighted by Crippen LogP contribution is -2.50. The topological polar surface area (TPSA) is 65.5 Å². The monoisotopic (exact) mass is 380 g/mol. The molecule has 6 nitrogen and oxygen atoms in total. The molecule has 0 saturated heterocycles. The number of likely N-dealkylation sites (N-methyl/N-ethyl adjacent to an activating group) is 1. The molecule has 0 bridgehead atoms. The number of para-hydroxylation sites is 3. The Morgan fingerprint density at radius 2 is 2.00 bits per heavy atom. The summed E-state index contributed by atoms with van der Waals surface area (Å²) in [5.41, 5.74) is 2.39. The minimum absolute atomic E-state index is 0.0369. The van der Waals surface area contributed by atoms with E-state index in [-0.39, 0.29) is 24.4 Å². The maximum Gasteiger partial charge on any atom is 0.244 e. The summed E-state index contributed by atoms with van der Waals surface area (Å²) >= 11 is 1.64. The Kier molecular flexibility index (Phi) is 4.63.